The van der Waals surface area contributed by atoms with Gasteiger partial charge < -0.3 is 39.2 Å². The van der Waals surface area contributed by atoms with Crippen molar-refractivity contribution >= 4 is 55.8 Å². The Labute approximate surface area is 445 Å². The van der Waals surface area contributed by atoms with E-state index in [1.165, 1.54) is 6.07 Å². The lowest BCUT2D eigenvalue weighted by atomic mass is 10.1. The van der Waals surface area contributed by atoms with E-state index in [4.69, 9.17) is 40.4 Å². The number of carbonyl (C=O) groups is 6. The van der Waals surface area contributed by atoms with Crippen molar-refractivity contribution in [3.05, 3.63) is 172 Å². The lowest BCUT2D eigenvalue weighted by Gasteiger charge is -2.18. The molecule has 4 aromatic carbocycles. The van der Waals surface area contributed by atoms with Crippen LogP contribution in [0.5, 0.6) is 0 Å². The SMILES string of the molecule is CC.NP(OCCCCNC(=O)CCC(NC(=O)CCCCCNC(=O)c1cnc(F)c(Cl)c1)C(=O)OCc1ccccc1)OCc1ccccc1.O=C(CCCC(=O)OCc1ccccc1)OCc1ccccc1. The molecule has 1 aromatic heterocycles. The van der Waals surface area contributed by atoms with Crippen molar-refractivity contribution < 1.29 is 56.4 Å². The second-order valence-electron chi connectivity index (χ2n) is 16.4. The minimum atomic E-state index is -1.50. The Morgan fingerprint density at radius 3 is 1.61 bits per heavy atom. The second kappa shape index (κ2) is 38.9. The molecule has 0 bridgehead atoms. The highest BCUT2D eigenvalue weighted by atomic mass is 35.5. The topological polar surface area (TPSA) is 224 Å². The fourth-order valence-corrected chi connectivity index (χ4v) is 7.33. The van der Waals surface area contributed by atoms with Gasteiger partial charge in [-0.1, -0.05) is 153 Å². The summed E-state index contributed by atoms with van der Waals surface area (Å²) in [5, 5.41) is 8.00. The zero-order chi connectivity index (χ0) is 54.3. The first kappa shape index (κ1) is 62.7. The van der Waals surface area contributed by atoms with Crippen molar-refractivity contribution in [3.8, 4) is 0 Å². The number of hydrogen-bond donors (Lipinski definition) is 4. The highest BCUT2D eigenvalue weighted by molar-refractivity contribution is 7.44. The van der Waals surface area contributed by atoms with E-state index in [9.17, 15) is 33.2 Å². The summed E-state index contributed by atoms with van der Waals surface area (Å²) in [5.41, 5.74) is 9.74. The third-order valence-corrected chi connectivity index (χ3v) is 11.6. The molecule has 0 aliphatic carbocycles. The van der Waals surface area contributed by atoms with Gasteiger partial charge in [0.05, 0.1) is 23.8 Å². The molecule has 404 valence electrons. The molecule has 2 unspecified atom stereocenters. The van der Waals surface area contributed by atoms with Crippen molar-refractivity contribution in [1.82, 2.24) is 20.9 Å². The van der Waals surface area contributed by atoms with Crippen molar-refractivity contribution in [2.24, 2.45) is 5.50 Å². The number of pyridine rings is 1. The fourth-order valence-electron chi connectivity index (χ4n) is 6.50. The summed E-state index contributed by atoms with van der Waals surface area (Å²) < 4.78 is 40.0. The number of benzene rings is 4. The third-order valence-electron chi connectivity index (χ3n) is 10.5. The van der Waals surface area contributed by atoms with E-state index < -0.39 is 32.4 Å². The summed E-state index contributed by atoms with van der Waals surface area (Å²) in [5.74, 6) is -3.12. The Morgan fingerprint density at radius 1 is 0.587 bits per heavy atom. The zero-order valence-electron chi connectivity index (χ0n) is 42.7. The van der Waals surface area contributed by atoms with Gasteiger partial charge in [0.1, 0.15) is 25.9 Å². The molecule has 3 amide bonds. The molecule has 0 saturated carbocycles. The van der Waals surface area contributed by atoms with Crippen LogP contribution in [0.15, 0.2) is 134 Å². The van der Waals surface area contributed by atoms with Crippen LogP contribution in [0.3, 0.4) is 0 Å². The van der Waals surface area contributed by atoms with E-state index in [2.05, 4.69) is 20.9 Å². The first-order chi connectivity index (χ1) is 36.4. The quantitative estimate of drug-likeness (QED) is 0.0107. The number of rotatable bonds is 31. The predicted molar refractivity (Wildman–Crippen MR) is 286 cm³/mol. The molecule has 1 heterocycles. The molecule has 0 fully saturated rings. The Morgan fingerprint density at radius 2 is 1.08 bits per heavy atom. The van der Waals surface area contributed by atoms with E-state index in [1.54, 1.807) is 0 Å². The number of unbranched alkanes of at least 4 members (excludes halogenated alkanes) is 3. The summed E-state index contributed by atoms with van der Waals surface area (Å²) in [6.45, 7) is 6.08. The maximum atomic E-state index is 13.2. The Kier molecular flexibility index (Phi) is 32.5. The maximum absolute atomic E-state index is 13.2. The van der Waals surface area contributed by atoms with Crippen molar-refractivity contribution in [2.45, 2.75) is 117 Å². The number of esters is 3. The molecule has 19 heteroatoms. The summed E-state index contributed by atoms with van der Waals surface area (Å²) in [6, 6.07) is 38.0. The number of nitrogens with two attached hydrogens (primary N) is 1. The number of ether oxygens (including phenoxy) is 3. The molecule has 5 aromatic rings. The summed E-state index contributed by atoms with van der Waals surface area (Å²) >= 11 is 5.68. The van der Waals surface area contributed by atoms with Crippen LogP contribution in [0, 0.1) is 5.95 Å². The average molecular weight is 1070 g/mol. The highest BCUT2D eigenvalue weighted by Crippen LogP contribution is 2.30. The van der Waals surface area contributed by atoms with E-state index in [0.29, 0.717) is 64.8 Å². The first-order valence-corrected chi connectivity index (χ1v) is 26.7. The number of carbonyl (C=O) groups excluding carboxylic acids is 6. The number of amides is 3. The minimum Gasteiger partial charge on any atom is -0.461 e. The largest absolute Gasteiger partial charge is 0.461 e. The van der Waals surface area contributed by atoms with Crippen LogP contribution in [-0.4, -0.2) is 66.4 Å². The molecule has 0 spiro atoms. The maximum Gasteiger partial charge on any atom is 0.328 e. The lowest BCUT2D eigenvalue weighted by molar-refractivity contribution is -0.149. The average Bonchev–Trinajstić information content (AvgIpc) is 3.44. The van der Waals surface area contributed by atoms with E-state index in [1.807, 2.05) is 135 Å². The third kappa shape index (κ3) is 29.2. The Bertz CT molecular complexity index is 2360. The fraction of sp³-hybridized carbons (Fsp3) is 0.375. The number of nitrogens with zero attached hydrogens (tertiary/aromatic N) is 1. The van der Waals surface area contributed by atoms with Gasteiger partial charge in [-0.05, 0) is 66.8 Å². The van der Waals surface area contributed by atoms with Crippen LogP contribution in [-0.2, 0) is 73.7 Å². The molecule has 75 heavy (non-hydrogen) atoms. The van der Waals surface area contributed by atoms with Gasteiger partial charge in [0.15, 0.2) is 0 Å². The highest BCUT2D eigenvalue weighted by Gasteiger charge is 2.23. The van der Waals surface area contributed by atoms with Crippen LogP contribution < -0.4 is 21.5 Å². The monoisotopic (exact) mass is 1070 g/mol. The minimum absolute atomic E-state index is 0.0117. The van der Waals surface area contributed by atoms with Crippen molar-refractivity contribution in [3.63, 3.8) is 0 Å². The molecule has 0 radical (unpaired) electrons. The number of hydrogen-bond acceptors (Lipinski definition) is 13. The van der Waals surface area contributed by atoms with Gasteiger partial charge in [-0.2, -0.15) is 4.39 Å². The molecule has 5 rings (SSSR count). The molecule has 2 atom stereocenters. The van der Waals surface area contributed by atoms with Gasteiger partial charge in [0.2, 0.25) is 17.8 Å². The van der Waals surface area contributed by atoms with Gasteiger partial charge in [0.25, 0.3) is 14.4 Å². The number of nitrogens with one attached hydrogen (secondary N) is 3. The smallest absolute Gasteiger partial charge is 0.328 e. The first-order valence-electron chi connectivity index (χ1n) is 25.0. The molecule has 16 nitrogen and oxygen atoms in total. The molecule has 0 aliphatic heterocycles. The standard InChI is InChI=1S/C35H44ClFN5O7P.C19H20O4.C2H6/c36-29-22-28(23-41-33(29)37)34(45)40-20-9-3-8-16-32(44)42-30(35(46)47-24-26-12-4-1-5-13-26)17-18-31(43)39-19-10-11-21-48-50(38)49-25-27-14-6-2-7-15-27;20-18(22-14-16-8-3-1-4-9-16)12-7-13-19(21)23-15-17-10-5-2-6-11-17;1-2/h1-2,4-7,12-15,22-23,30H,3,8-11,16-21,24-25,38H2,(H,39,43)(H,40,45)(H,42,44);1-6,8-11H,7,12-15H2;1-2H3. The summed E-state index contributed by atoms with van der Waals surface area (Å²) in [6.07, 6.45) is 5.24. The van der Waals surface area contributed by atoms with Crippen LogP contribution >= 0.6 is 20.1 Å². The van der Waals surface area contributed by atoms with Crippen molar-refractivity contribution in [2.75, 3.05) is 19.7 Å². The molecule has 0 saturated heterocycles. The molecular formula is C56H70ClFN5O11P. The zero-order valence-corrected chi connectivity index (χ0v) is 44.4. The van der Waals surface area contributed by atoms with Gasteiger partial charge in [0, 0.05) is 45.0 Å². The summed E-state index contributed by atoms with van der Waals surface area (Å²) in [7, 11) is -1.50. The second-order valence-corrected chi connectivity index (χ2v) is 17.9. The normalized spacial score (nSPS) is 11.2. The van der Waals surface area contributed by atoms with Gasteiger partial charge in [-0.25, -0.2) is 9.78 Å². The summed E-state index contributed by atoms with van der Waals surface area (Å²) in [4.78, 5) is 77.0. The van der Waals surface area contributed by atoms with Gasteiger partial charge >= 0.3 is 17.9 Å². The van der Waals surface area contributed by atoms with Crippen LogP contribution in [0.2, 0.25) is 5.02 Å². The Balaban J connectivity index is 0.000000492. The van der Waals surface area contributed by atoms with Crippen LogP contribution in [0.25, 0.3) is 0 Å². The van der Waals surface area contributed by atoms with E-state index >= 15 is 0 Å². The van der Waals surface area contributed by atoms with E-state index in [0.717, 1.165) is 28.5 Å². The molecule has 5 N–H and O–H groups in total. The van der Waals surface area contributed by atoms with Crippen LogP contribution in [0.4, 0.5) is 4.39 Å². The predicted octanol–water partition coefficient (Wildman–Crippen LogP) is 10.2. The molecule has 0 aliphatic rings. The Hall–Kier alpha value is -6.62. The van der Waals surface area contributed by atoms with E-state index in [-0.39, 0.29) is 86.3 Å². The number of aromatic nitrogens is 1. The van der Waals surface area contributed by atoms with Crippen LogP contribution in [0.1, 0.15) is 117 Å². The van der Waals surface area contributed by atoms with Crippen molar-refractivity contribution in [1.29, 1.82) is 0 Å². The number of halogens is 2. The van der Waals surface area contributed by atoms with Gasteiger partial charge in [-0.3, -0.25) is 29.5 Å². The lowest BCUT2D eigenvalue weighted by Crippen LogP contribution is -2.42. The molecular weight excluding hydrogens is 1000 g/mol. The van der Waals surface area contributed by atoms with Gasteiger partial charge in [-0.15, -0.1) is 0 Å².